The summed E-state index contributed by atoms with van der Waals surface area (Å²) >= 11 is 0. The van der Waals surface area contributed by atoms with Crippen LogP contribution in [0.5, 0.6) is 0 Å². The summed E-state index contributed by atoms with van der Waals surface area (Å²) in [6.45, 7) is 7.28. The zero-order chi connectivity index (χ0) is 12.7. The molecule has 1 heterocycles. The van der Waals surface area contributed by atoms with Crippen LogP contribution >= 0.6 is 0 Å². The third kappa shape index (κ3) is 4.75. The van der Waals surface area contributed by atoms with E-state index in [1.54, 1.807) is 14.2 Å². The van der Waals surface area contributed by atoms with Gasteiger partial charge >= 0.3 is 0 Å². The third-order valence-corrected chi connectivity index (χ3v) is 2.45. The molecule has 1 unspecified atom stereocenters. The lowest BCUT2D eigenvalue weighted by Gasteiger charge is -2.14. The van der Waals surface area contributed by atoms with E-state index in [0.29, 0.717) is 12.5 Å². The maximum Gasteiger partial charge on any atom is 0.203 e. The summed E-state index contributed by atoms with van der Waals surface area (Å²) in [5, 5.41) is 3.27. The molecule has 0 aromatic carbocycles. The van der Waals surface area contributed by atoms with Gasteiger partial charge in [-0.15, -0.1) is 0 Å². The number of methoxy groups -OCH3 is 2. The average molecular weight is 241 g/mol. The minimum absolute atomic E-state index is 0.469. The molecule has 98 valence electrons. The fourth-order valence-electron chi connectivity index (χ4n) is 1.76. The van der Waals surface area contributed by atoms with Gasteiger partial charge in [0.15, 0.2) is 0 Å². The van der Waals surface area contributed by atoms with E-state index < -0.39 is 0 Å². The molecule has 0 bridgehead atoms. The SMILES string of the molecule is COCCNc1nc(C)cn1CC(C)COC. The first kappa shape index (κ1) is 14.0. The molecule has 1 rings (SSSR count). The van der Waals surface area contributed by atoms with Crippen molar-refractivity contribution >= 4 is 5.95 Å². The van der Waals surface area contributed by atoms with E-state index in [-0.39, 0.29) is 0 Å². The second-order valence-corrected chi connectivity index (χ2v) is 4.34. The van der Waals surface area contributed by atoms with Gasteiger partial charge in [0.05, 0.1) is 18.9 Å². The quantitative estimate of drug-likeness (QED) is 0.701. The number of hydrogen-bond acceptors (Lipinski definition) is 4. The Balaban J connectivity index is 2.57. The maximum atomic E-state index is 5.15. The van der Waals surface area contributed by atoms with E-state index in [1.165, 1.54) is 0 Å². The standard InChI is InChI=1S/C12H23N3O2/c1-10(9-17-4)7-15-8-11(2)14-12(15)13-5-6-16-3/h8,10H,5-7,9H2,1-4H3,(H,13,14). The Kier molecular flexibility index (Phi) is 6.00. The highest BCUT2D eigenvalue weighted by atomic mass is 16.5. The molecule has 0 spiro atoms. The molecular weight excluding hydrogens is 218 g/mol. The molecule has 5 nitrogen and oxygen atoms in total. The molecule has 0 amide bonds. The molecule has 17 heavy (non-hydrogen) atoms. The largest absolute Gasteiger partial charge is 0.384 e. The maximum absolute atomic E-state index is 5.15. The molecule has 1 aromatic rings. The molecule has 0 aliphatic rings. The van der Waals surface area contributed by atoms with E-state index >= 15 is 0 Å². The van der Waals surface area contributed by atoms with Crippen molar-refractivity contribution in [2.75, 3.05) is 39.3 Å². The molecule has 0 saturated carbocycles. The molecular formula is C12H23N3O2. The number of rotatable bonds is 8. The monoisotopic (exact) mass is 241 g/mol. The third-order valence-electron chi connectivity index (χ3n) is 2.45. The Labute approximate surface area is 103 Å². The lowest BCUT2D eigenvalue weighted by molar-refractivity contribution is 0.151. The molecule has 1 aromatic heterocycles. The molecule has 1 N–H and O–H groups in total. The number of anilines is 1. The Morgan fingerprint density at radius 1 is 1.41 bits per heavy atom. The summed E-state index contributed by atoms with van der Waals surface area (Å²) < 4.78 is 12.3. The predicted octanol–water partition coefficient (Wildman–Crippen LogP) is 1.53. The van der Waals surface area contributed by atoms with E-state index in [1.807, 2.05) is 6.92 Å². The predicted molar refractivity (Wildman–Crippen MR) is 68.4 cm³/mol. The zero-order valence-electron chi connectivity index (χ0n) is 11.2. The van der Waals surface area contributed by atoms with Crippen LogP contribution in [0.4, 0.5) is 5.95 Å². The van der Waals surface area contributed by atoms with Crippen LogP contribution in [0.2, 0.25) is 0 Å². The fraction of sp³-hybridized carbons (Fsp3) is 0.750. The molecule has 0 fully saturated rings. The molecule has 0 aliphatic carbocycles. The van der Waals surface area contributed by atoms with Crippen LogP contribution in [0.15, 0.2) is 6.20 Å². The van der Waals surface area contributed by atoms with Crippen LogP contribution in [-0.2, 0) is 16.0 Å². The normalized spacial score (nSPS) is 12.7. The van der Waals surface area contributed by atoms with Gasteiger partial charge in [-0.3, -0.25) is 0 Å². The number of nitrogens with one attached hydrogen (secondary N) is 1. The molecule has 0 aliphatic heterocycles. The Bertz CT molecular complexity index is 326. The van der Waals surface area contributed by atoms with Gasteiger partial charge in [-0.25, -0.2) is 4.98 Å². The second kappa shape index (κ2) is 7.29. The molecule has 5 heteroatoms. The van der Waals surface area contributed by atoms with E-state index in [9.17, 15) is 0 Å². The highest BCUT2D eigenvalue weighted by Crippen LogP contribution is 2.11. The van der Waals surface area contributed by atoms with Crippen molar-refractivity contribution in [1.82, 2.24) is 9.55 Å². The summed E-state index contributed by atoms with van der Waals surface area (Å²) in [5.74, 6) is 1.37. The summed E-state index contributed by atoms with van der Waals surface area (Å²) in [4.78, 5) is 4.45. The van der Waals surface area contributed by atoms with Crippen molar-refractivity contribution in [3.05, 3.63) is 11.9 Å². The minimum Gasteiger partial charge on any atom is -0.384 e. The van der Waals surface area contributed by atoms with E-state index in [0.717, 1.165) is 31.3 Å². The van der Waals surface area contributed by atoms with Crippen molar-refractivity contribution < 1.29 is 9.47 Å². The number of imidazole rings is 1. The first-order chi connectivity index (χ1) is 8.17. The van der Waals surface area contributed by atoms with Crippen molar-refractivity contribution in [1.29, 1.82) is 0 Å². The van der Waals surface area contributed by atoms with Gasteiger partial charge in [0.2, 0.25) is 5.95 Å². The summed E-state index contributed by atoms with van der Waals surface area (Å²) in [7, 11) is 3.42. The smallest absolute Gasteiger partial charge is 0.203 e. The number of ether oxygens (including phenoxy) is 2. The van der Waals surface area contributed by atoms with Crippen LogP contribution in [0, 0.1) is 12.8 Å². The Morgan fingerprint density at radius 2 is 2.18 bits per heavy atom. The molecule has 0 saturated heterocycles. The summed E-state index contributed by atoms with van der Waals surface area (Å²) in [6.07, 6.45) is 2.06. The van der Waals surface area contributed by atoms with E-state index in [4.69, 9.17) is 9.47 Å². The van der Waals surface area contributed by atoms with Crippen molar-refractivity contribution in [3.63, 3.8) is 0 Å². The summed E-state index contributed by atoms with van der Waals surface area (Å²) in [6, 6.07) is 0. The van der Waals surface area contributed by atoms with Gasteiger partial charge in [-0.05, 0) is 12.8 Å². The molecule has 1 atom stereocenters. The first-order valence-electron chi connectivity index (χ1n) is 5.93. The fourth-order valence-corrected chi connectivity index (χ4v) is 1.76. The average Bonchev–Trinajstić information content (AvgIpc) is 2.60. The zero-order valence-corrected chi connectivity index (χ0v) is 11.2. The number of aromatic nitrogens is 2. The van der Waals surface area contributed by atoms with Crippen LogP contribution in [-0.4, -0.2) is 43.5 Å². The van der Waals surface area contributed by atoms with Crippen molar-refractivity contribution in [2.24, 2.45) is 5.92 Å². The Morgan fingerprint density at radius 3 is 2.82 bits per heavy atom. The van der Waals surface area contributed by atoms with Gasteiger partial charge in [-0.1, -0.05) is 6.92 Å². The summed E-state index contributed by atoms with van der Waals surface area (Å²) in [5.41, 5.74) is 1.02. The van der Waals surface area contributed by atoms with Crippen LogP contribution < -0.4 is 5.32 Å². The highest BCUT2D eigenvalue weighted by Gasteiger charge is 2.08. The Hall–Kier alpha value is -1.07. The van der Waals surface area contributed by atoms with Crippen molar-refractivity contribution in [3.8, 4) is 0 Å². The van der Waals surface area contributed by atoms with Gasteiger partial charge in [0, 0.05) is 33.5 Å². The van der Waals surface area contributed by atoms with Crippen LogP contribution in [0.25, 0.3) is 0 Å². The first-order valence-corrected chi connectivity index (χ1v) is 5.93. The number of hydrogen-bond donors (Lipinski definition) is 1. The second-order valence-electron chi connectivity index (χ2n) is 4.34. The van der Waals surface area contributed by atoms with Gasteiger partial charge in [0.25, 0.3) is 0 Å². The topological polar surface area (TPSA) is 48.3 Å². The number of aryl methyl sites for hydroxylation is 1. The number of nitrogens with zero attached hydrogens (tertiary/aromatic N) is 2. The van der Waals surface area contributed by atoms with Gasteiger partial charge < -0.3 is 19.4 Å². The van der Waals surface area contributed by atoms with Crippen LogP contribution in [0.1, 0.15) is 12.6 Å². The highest BCUT2D eigenvalue weighted by molar-refractivity contribution is 5.28. The van der Waals surface area contributed by atoms with Gasteiger partial charge in [0.1, 0.15) is 0 Å². The van der Waals surface area contributed by atoms with Crippen LogP contribution in [0.3, 0.4) is 0 Å². The lowest BCUT2D eigenvalue weighted by Crippen LogP contribution is -2.16. The van der Waals surface area contributed by atoms with E-state index in [2.05, 4.69) is 28.0 Å². The lowest BCUT2D eigenvalue weighted by atomic mass is 10.2. The van der Waals surface area contributed by atoms with Crippen molar-refractivity contribution in [2.45, 2.75) is 20.4 Å². The molecule has 0 radical (unpaired) electrons. The minimum atomic E-state index is 0.469. The van der Waals surface area contributed by atoms with Gasteiger partial charge in [-0.2, -0.15) is 0 Å².